The molecule has 0 aliphatic heterocycles. The minimum Gasteiger partial charge on any atom is -0.293 e. The van der Waals surface area contributed by atoms with Gasteiger partial charge in [0.1, 0.15) is 0 Å². The lowest BCUT2D eigenvalue weighted by Crippen LogP contribution is -2.22. The van der Waals surface area contributed by atoms with Crippen molar-refractivity contribution in [2.75, 3.05) is 0 Å². The molecule has 2 aromatic rings. The smallest absolute Gasteiger partial charge is 0.276 e. The predicted octanol–water partition coefficient (Wildman–Crippen LogP) is 2.37. The van der Waals surface area contributed by atoms with Crippen LogP contribution in [0, 0.1) is 17.4 Å². The van der Waals surface area contributed by atoms with Crippen molar-refractivity contribution < 1.29 is 0 Å². The molecule has 0 unspecified atom stereocenters. The lowest BCUT2D eigenvalue weighted by atomic mass is 10.0. The summed E-state index contributed by atoms with van der Waals surface area (Å²) in [5.74, 6) is 0.193. The van der Waals surface area contributed by atoms with Crippen molar-refractivity contribution in [3.05, 3.63) is 30.9 Å². The summed E-state index contributed by atoms with van der Waals surface area (Å²) in [5.41, 5.74) is 3.34. The topological polar surface area (TPSA) is 50.2 Å². The molecular weight excluding hydrogens is 317 g/mol. The number of nitrogens with zero attached hydrogens (tertiary/aromatic N) is 2. The molecule has 0 aliphatic carbocycles. The third kappa shape index (κ3) is 1.57. The Morgan fingerprint density at radius 2 is 2.00 bits per heavy atom. The first-order valence-electron chi connectivity index (χ1n) is 5.20. The summed E-state index contributed by atoms with van der Waals surface area (Å²) >= 11 is 2.21. The van der Waals surface area contributed by atoms with Crippen LogP contribution in [0.15, 0.2) is 4.79 Å². The number of H-pyrrole nitrogens is 1. The number of hydrogen-bond acceptors (Lipinski definition) is 2. The minimum atomic E-state index is 0.0171. The molecule has 1 N–H and O–H groups in total. The van der Waals surface area contributed by atoms with Gasteiger partial charge in [-0.2, -0.15) is 0 Å². The SMILES string of the molecule is Cc1nc2c(I)c(C)[nH]n2c(=O)c1C(C)C. The van der Waals surface area contributed by atoms with Crippen LogP contribution in [0.4, 0.5) is 0 Å². The molecule has 86 valence electrons. The van der Waals surface area contributed by atoms with Crippen molar-refractivity contribution in [1.82, 2.24) is 14.6 Å². The van der Waals surface area contributed by atoms with E-state index in [1.54, 1.807) is 4.52 Å². The number of aromatic nitrogens is 3. The molecule has 0 amide bonds. The van der Waals surface area contributed by atoms with Crippen LogP contribution in [0.1, 0.15) is 36.7 Å². The summed E-state index contributed by atoms with van der Waals surface area (Å²) < 4.78 is 2.55. The van der Waals surface area contributed by atoms with Gasteiger partial charge in [-0.05, 0) is 42.4 Å². The maximum absolute atomic E-state index is 12.2. The first kappa shape index (κ1) is 11.6. The van der Waals surface area contributed by atoms with Crippen molar-refractivity contribution in [3.8, 4) is 0 Å². The number of fused-ring (bicyclic) bond motifs is 1. The zero-order valence-corrected chi connectivity index (χ0v) is 11.9. The Balaban J connectivity index is 2.95. The van der Waals surface area contributed by atoms with Crippen LogP contribution in [-0.2, 0) is 0 Å². The predicted molar refractivity (Wildman–Crippen MR) is 72.1 cm³/mol. The molecule has 0 aliphatic rings. The van der Waals surface area contributed by atoms with E-state index in [9.17, 15) is 4.79 Å². The molecule has 0 saturated heterocycles. The van der Waals surface area contributed by atoms with Gasteiger partial charge < -0.3 is 0 Å². The molecule has 0 bridgehead atoms. The van der Waals surface area contributed by atoms with Crippen molar-refractivity contribution in [1.29, 1.82) is 0 Å². The average molecular weight is 331 g/mol. The van der Waals surface area contributed by atoms with Gasteiger partial charge in [0, 0.05) is 17.0 Å². The molecule has 0 spiro atoms. The molecule has 2 rings (SSSR count). The Hall–Kier alpha value is -0.850. The van der Waals surface area contributed by atoms with Crippen molar-refractivity contribution in [2.24, 2.45) is 0 Å². The van der Waals surface area contributed by atoms with Gasteiger partial charge in [0.25, 0.3) is 5.56 Å². The zero-order chi connectivity index (χ0) is 12.0. The normalized spacial score (nSPS) is 11.6. The molecule has 0 aromatic carbocycles. The van der Waals surface area contributed by atoms with E-state index in [0.717, 1.165) is 26.2 Å². The molecule has 2 heterocycles. The largest absolute Gasteiger partial charge is 0.293 e. The molecular formula is C11H14IN3O. The molecule has 4 nitrogen and oxygen atoms in total. The summed E-state index contributed by atoms with van der Waals surface area (Å²) in [7, 11) is 0. The minimum absolute atomic E-state index is 0.0171. The van der Waals surface area contributed by atoms with Gasteiger partial charge >= 0.3 is 0 Å². The van der Waals surface area contributed by atoms with Crippen LogP contribution in [0.5, 0.6) is 0 Å². The highest BCUT2D eigenvalue weighted by molar-refractivity contribution is 14.1. The van der Waals surface area contributed by atoms with Crippen LogP contribution in [0.25, 0.3) is 5.65 Å². The lowest BCUT2D eigenvalue weighted by Gasteiger charge is -2.07. The standard InChI is InChI=1S/C11H14IN3O/c1-5(2)8-6(3)13-10-9(12)7(4)14-15(10)11(8)16/h5,14H,1-4H3. The van der Waals surface area contributed by atoms with Gasteiger partial charge in [0.2, 0.25) is 0 Å². The van der Waals surface area contributed by atoms with Gasteiger partial charge in [-0.3, -0.25) is 9.89 Å². The van der Waals surface area contributed by atoms with E-state index in [1.165, 1.54) is 0 Å². The molecule has 0 radical (unpaired) electrons. The highest BCUT2D eigenvalue weighted by Gasteiger charge is 2.16. The number of halogens is 1. The van der Waals surface area contributed by atoms with E-state index in [0.29, 0.717) is 0 Å². The Labute approximate surface area is 107 Å². The second-order valence-electron chi connectivity index (χ2n) is 4.28. The second-order valence-corrected chi connectivity index (χ2v) is 5.36. The molecule has 0 saturated carbocycles. The van der Waals surface area contributed by atoms with Gasteiger partial charge in [-0.25, -0.2) is 9.50 Å². The van der Waals surface area contributed by atoms with E-state index in [1.807, 2.05) is 27.7 Å². The number of nitrogens with one attached hydrogen (secondary N) is 1. The van der Waals surface area contributed by atoms with Gasteiger partial charge in [0.15, 0.2) is 5.65 Å². The summed E-state index contributed by atoms with van der Waals surface area (Å²) in [4.78, 5) is 16.7. The second kappa shape index (κ2) is 3.87. The van der Waals surface area contributed by atoms with Crippen molar-refractivity contribution in [2.45, 2.75) is 33.6 Å². The zero-order valence-electron chi connectivity index (χ0n) is 9.76. The van der Waals surface area contributed by atoms with Crippen LogP contribution in [-0.4, -0.2) is 14.6 Å². The van der Waals surface area contributed by atoms with E-state index in [-0.39, 0.29) is 11.5 Å². The monoisotopic (exact) mass is 331 g/mol. The first-order valence-corrected chi connectivity index (χ1v) is 6.28. The fourth-order valence-corrected chi connectivity index (χ4v) is 2.42. The number of aromatic amines is 1. The fraction of sp³-hybridized carbons (Fsp3) is 0.455. The van der Waals surface area contributed by atoms with Crippen LogP contribution < -0.4 is 5.56 Å². The van der Waals surface area contributed by atoms with Gasteiger partial charge in [0.05, 0.1) is 3.57 Å². The van der Waals surface area contributed by atoms with Crippen molar-refractivity contribution >= 4 is 28.2 Å². The quantitative estimate of drug-likeness (QED) is 0.816. The average Bonchev–Trinajstić information content (AvgIpc) is 2.45. The summed E-state index contributed by atoms with van der Waals surface area (Å²) in [6.45, 7) is 7.87. The highest BCUT2D eigenvalue weighted by Crippen LogP contribution is 2.18. The Morgan fingerprint density at radius 1 is 1.38 bits per heavy atom. The van der Waals surface area contributed by atoms with E-state index >= 15 is 0 Å². The van der Waals surface area contributed by atoms with Crippen LogP contribution in [0.2, 0.25) is 0 Å². The van der Waals surface area contributed by atoms with Crippen molar-refractivity contribution in [3.63, 3.8) is 0 Å². The summed E-state index contributed by atoms with van der Waals surface area (Å²) in [6, 6.07) is 0. The van der Waals surface area contributed by atoms with Gasteiger partial charge in [-0.15, -0.1) is 0 Å². The molecule has 16 heavy (non-hydrogen) atoms. The fourth-order valence-electron chi connectivity index (χ4n) is 1.94. The van der Waals surface area contributed by atoms with E-state index in [2.05, 4.69) is 32.7 Å². The summed E-state index contributed by atoms with van der Waals surface area (Å²) in [5, 5.41) is 3.05. The van der Waals surface area contributed by atoms with E-state index in [4.69, 9.17) is 0 Å². The Bertz CT molecular complexity index is 610. The molecule has 5 heteroatoms. The summed E-state index contributed by atoms with van der Waals surface area (Å²) in [6.07, 6.45) is 0. The van der Waals surface area contributed by atoms with E-state index < -0.39 is 0 Å². The van der Waals surface area contributed by atoms with Crippen LogP contribution >= 0.6 is 22.6 Å². The van der Waals surface area contributed by atoms with Gasteiger partial charge in [-0.1, -0.05) is 13.8 Å². The van der Waals surface area contributed by atoms with Crippen LogP contribution in [0.3, 0.4) is 0 Å². The molecule has 0 atom stereocenters. The lowest BCUT2D eigenvalue weighted by molar-refractivity contribution is 0.776. The maximum atomic E-state index is 12.2. The maximum Gasteiger partial charge on any atom is 0.276 e. The molecule has 0 fully saturated rings. The number of hydrogen-bond donors (Lipinski definition) is 1. The Kier molecular flexibility index (Phi) is 2.81. The third-order valence-electron chi connectivity index (χ3n) is 2.69. The third-order valence-corrected chi connectivity index (χ3v) is 3.98. The highest BCUT2D eigenvalue weighted by atomic mass is 127. The number of aryl methyl sites for hydroxylation is 2. The Morgan fingerprint density at radius 3 is 2.56 bits per heavy atom. The first-order chi connectivity index (χ1) is 7.43. The number of rotatable bonds is 1. The molecule has 2 aromatic heterocycles.